The molecule has 31 heteroatoms. The summed E-state index contributed by atoms with van der Waals surface area (Å²) in [6.45, 7) is 29.5. The van der Waals surface area contributed by atoms with E-state index in [0.29, 0.717) is 108 Å². The molecule has 0 unspecified atom stereocenters. The van der Waals surface area contributed by atoms with Crippen LogP contribution in [-0.2, 0) is 9.47 Å². The number of nitrogens with one attached hydrogen (secondary N) is 8. The largest absolute Gasteiger partial charge is 0.506 e. The Bertz CT molecular complexity index is 4520. The van der Waals surface area contributed by atoms with Gasteiger partial charge in [-0.1, -0.05) is 68.4 Å². The van der Waals surface area contributed by atoms with Gasteiger partial charge in [-0.25, -0.2) is 44.7 Å². The van der Waals surface area contributed by atoms with Gasteiger partial charge in [-0.05, 0) is 152 Å². The minimum atomic E-state index is -0.966. The number of nitrogens with zero attached hydrogens (tertiary/aromatic N) is 11. The van der Waals surface area contributed by atoms with E-state index in [1.165, 1.54) is 6.33 Å². The minimum absolute atomic E-state index is 0. The van der Waals surface area contributed by atoms with Gasteiger partial charge in [-0.3, -0.25) is 9.59 Å². The highest BCUT2D eigenvalue weighted by molar-refractivity contribution is 6.31. The fraction of sp³-hybridized carbons (Fsp3) is 0.368. The second-order valence-electron chi connectivity index (χ2n) is 25.6. The number of halogens is 2. The molecule has 0 saturated carbocycles. The van der Waals surface area contributed by atoms with Gasteiger partial charge in [0.05, 0.1) is 87.1 Å². The number of aromatic amines is 4. The molecule has 0 bridgehead atoms. The lowest BCUT2D eigenvalue weighted by atomic mass is 10.1. The van der Waals surface area contributed by atoms with E-state index in [4.69, 9.17) is 42.8 Å². The number of aliphatic hydroxyl groups is 4. The van der Waals surface area contributed by atoms with Gasteiger partial charge in [0.15, 0.2) is 5.82 Å². The van der Waals surface area contributed by atoms with Crippen LogP contribution in [0.4, 0.5) is 23.8 Å². The number of hydrogen-bond acceptors (Lipinski definition) is 22. The molecule has 12 rings (SSSR count). The summed E-state index contributed by atoms with van der Waals surface area (Å²) in [6, 6.07) is 18.6. The first kappa shape index (κ1) is 82.0. The highest BCUT2D eigenvalue weighted by Gasteiger charge is 2.28. The standard InChI is InChI=1S/C23H26ClN5O3.C22H25ClN6O3.C16H22N4O2.C14H18N4O2.CH4/c1-14-20(18-6-7-25-23(28-18)29-8-10-32-11-9-29)15(2)26-21(14)22(31)27-19(13-30)16-4-3-5-17(24)12-16;1-13-18(20-24-12-25-22(28-20)29-6-8-32-9-7-29)14(2)26-19(13)21(31)27-17(11-30)15-4-3-5-16(23)10-15;1-5-12(8-21)19-16-17-7-6-13(20-16)14-9(2)15(11(4)22)18-10(14)3;1-7(2)16-14-15-6-5-10(18-14)11-8(3)12(13(19)20)17-9(11)4;/h3-7,12,19,26,30H,8-11,13H2,1-2H3,(H,27,31);3-5,10,12,17,26,30H,6-9,11H2,1-2H3,(H,27,31);6-7,12,18,21-22H,4-5,8H2,1-3H3,(H,17,19,20);5-7,17H,1-4H3,(H,19,20)(H,15,16,18);1H4/t19-;17-;12-;;/m110../s1. The van der Waals surface area contributed by atoms with Crippen molar-refractivity contribution in [3.05, 3.63) is 187 Å². The number of carboxylic acids is 1. The van der Waals surface area contributed by atoms with E-state index in [0.717, 1.165) is 104 Å². The molecule has 29 nitrogen and oxygen atoms in total. The Hall–Kier alpha value is -10.7. The van der Waals surface area contributed by atoms with E-state index >= 15 is 0 Å². The maximum atomic E-state index is 13.1. The number of rotatable bonds is 22. The number of benzene rings is 2. The summed E-state index contributed by atoms with van der Waals surface area (Å²) in [4.78, 5) is 93.5. The van der Waals surface area contributed by atoms with Gasteiger partial charge in [-0.2, -0.15) is 4.98 Å². The van der Waals surface area contributed by atoms with Crippen LogP contribution in [0.2, 0.25) is 10.0 Å². The number of aromatic carboxylic acids is 1. The third-order valence-electron chi connectivity index (χ3n) is 17.7. The second kappa shape index (κ2) is 38.0. The Morgan fingerprint density at radius 2 is 0.944 bits per heavy atom. The number of carbonyl (C=O) groups excluding carboxylic acids is 2. The number of aromatic nitrogens is 13. The smallest absolute Gasteiger partial charge is 0.352 e. The number of morpholine rings is 2. The monoisotopic (exact) mass is 1500 g/mol. The fourth-order valence-corrected chi connectivity index (χ4v) is 12.8. The van der Waals surface area contributed by atoms with Gasteiger partial charge < -0.3 is 86.0 Å². The number of carboxylic acid groups (broad SMARTS) is 1. The summed E-state index contributed by atoms with van der Waals surface area (Å²) in [5.74, 6) is 1.15. The molecule has 0 spiro atoms. The number of hydrogen-bond donors (Lipinski definition) is 13. The SMILES string of the molecule is C.C=C(O)c1[nH]c(C)c(-c2ccnc(N[C@@H](CC)CO)n2)c1C.Cc1[nH]c(C(=O)N[C@H](CO)c2cccc(Cl)c2)c(C)c1-c1ccnc(N2CCOCC2)n1.Cc1[nH]c(C(=O)N[C@H](CO)c2cccc(Cl)c2)c(C)c1-c1ncnc(N2CCOCC2)n1.Cc1[nH]c(C(=O)O)c(C)c1-c1ccnc(NC(C)C)n1. The fourth-order valence-electron chi connectivity index (χ4n) is 12.4. The quantitative estimate of drug-likeness (QED) is 0.0280. The Labute approximate surface area is 631 Å². The molecular formula is C76H95Cl2N19O10. The number of ether oxygens (including phenoxy) is 2. The normalized spacial score (nSPS) is 13.5. The van der Waals surface area contributed by atoms with Crippen LogP contribution in [0.25, 0.3) is 50.9 Å². The molecule has 2 amide bonds. The predicted molar refractivity (Wildman–Crippen MR) is 415 cm³/mol. The van der Waals surface area contributed by atoms with E-state index in [9.17, 15) is 34.8 Å². The average Bonchev–Trinajstić information content (AvgIpc) is 1.67. The minimum Gasteiger partial charge on any atom is -0.506 e. The number of aliphatic hydroxyl groups excluding tert-OH is 4. The zero-order valence-electron chi connectivity index (χ0n) is 61.1. The number of H-pyrrole nitrogens is 4. The molecule has 13 N–H and O–H groups in total. The van der Waals surface area contributed by atoms with Gasteiger partial charge in [0, 0.05) is 106 Å². The molecule has 0 radical (unpaired) electrons. The Morgan fingerprint density at radius 3 is 1.36 bits per heavy atom. The summed E-state index contributed by atoms with van der Waals surface area (Å²) in [5, 5.41) is 60.8. The van der Waals surface area contributed by atoms with Gasteiger partial charge in [0.2, 0.25) is 23.8 Å². The molecule has 8 aromatic heterocycles. The highest BCUT2D eigenvalue weighted by atomic mass is 35.5. The van der Waals surface area contributed by atoms with Crippen molar-refractivity contribution in [2.75, 3.05) is 92.9 Å². The number of carbonyl (C=O) groups is 3. The molecule has 107 heavy (non-hydrogen) atoms. The van der Waals surface area contributed by atoms with E-state index < -0.39 is 18.1 Å². The van der Waals surface area contributed by atoms with E-state index in [1.807, 2.05) is 93.5 Å². The lowest BCUT2D eigenvalue weighted by Crippen LogP contribution is -2.37. The molecule has 2 aliphatic heterocycles. The Morgan fingerprint density at radius 1 is 0.533 bits per heavy atom. The van der Waals surface area contributed by atoms with E-state index in [-0.39, 0.29) is 62.6 Å². The van der Waals surface area contributed by atoms with Crippen molar-refractivity contribution in [1.82, 2.24) is 75.4 Å². The van der Waals surface area contributed by atoms with Crippen LogP contribution in [-0.4, -0.2) is 193 Å². The summed E-state index contributed by atoms with van der Waals surface area (Å²) in [7, 11) is 0. The number of amides is 2. The van der Waals surface area contributed by atoms with Crippen LogP contribution in [0.5, 0.6) is 0 Å². The van der Waals surface area contributed by atoms with Crippen LogP contribution in [0, 0.1) is 55.4 Å². The maximum Gasteiger partial charge on any atom is 0.352 e. The van der Waals surface area contributed by atoms with Crippen molar-refractivity contribution in [3.63, 3.8) is 0 Å². The van der Waals surface area contributed by atoms with Gasteiger partial charge >= 0.3 is 5.97 Å². The van der Waals surface area contributed by atoms with Crippen molar-refractivity contribution in [2.24, 2.45) is 0 Å². The predicted octanol–water partition coefficient (Wildman–Crippen LogP) is 11.5. The van der Waals surface area contributed by atoms with E-state index in [2.05, 4.69) is 97.5 Å². The number of anilines is 4. The molecule has 2 aliphatic rings. The molecule has 0 aliphatic carbocycles. The van der Waals surface area contributed by atoms with Crippen LogP contribution in [0.15, 0.2) is 98.2 Å². The van der Waals surface area contributed by atoms with Crippen LogP contribution in [0.3, 0.4) is 0 Å². The Kier molecular flexibility index (Phi) is 29.2. The third-order valence-corrected chi connectivity index (χ3v) is 18.2. The van der Waals surface area contributed by atoms with Gasteiger partial charge in [-0.15, -0.1) is 0 Å². The lowest BCUT2D eigenvalue weighted by Gasteiger charge is -2.26. The van der Waals surface area contributed by atoms with Crippen LogP contribution >= 0.6 is 23.2 Å². The maximum absolute atomic E-state index is 13.1. The first-order chi connectivity index (χ1) is 50.8. The van der Waals surface area contributed by atoms with Crippen molar-refractivity contribution < 1.29 is 49.4 Å². The molecule has 10 aromatic rings. The first-order valence-electron chi connectivity index (χ1n) is 34.5. The van der Waals surface area contributed by atoms with E-state index in [1.54, 1.807) is 68.0 Å². The zero-order valence-corrected chi connectivity index (χ0v) is 62.6. The second-order valence-corrected chi connectivity index (χ2v) is 26.5. The van der Waals surface area contributed by atoms with Crippen molar-refractivity contribution in [1.29, 1.82) is 0 Å². The van der Waals surface area contributed by atoms with Gasteiger partial charge in [0.1, 0.15) is 29.2 Å². The average molecular weight is 1510 g/mol. The Balaban J connectivity index is 0.000000183. The third kappa shape index (κ3) is 20.5. The van der Waals surface area contributed by atoms with Crippen molar-refractivity contribution >= 4 is 70.5 Å². The van der Waals surface area contributed by atoms with Crippen LogP contribution < -0.4 is 31.1 Å². The molecule has 568 valence electrons. The van der Waals surface area contributed by atoms with Crippen LogP contribution in [0.1, 0.15) is 140 Å². The highest BCUT2D eigenvalue weighted by Crippen LogP contribution is 2.34. The molecule has 2 fully saturated rings. The molecule has 2 aromatic carbocycles. The topological polar surface area (TPSA) is 405 Å². The summed E-state index contributed by atoms with van der Waals surface area (Å²) < 4.78 is 10.8. The summed E-state index contributed by atoms with van der Waals surface area (Å²) in [5.41, 5.74) is 15.1. The van der Waals surface area contributed by atoms with Gasteiger partial charge in [0.25, 0.3) is 11.8 Å². The first-order valence-corrected chi connectivity index (χ1v) is 35.3. The summed E-state index contributed by atoms with van der Waals surface area (Å²) >= 11 is 12.1. The zero-order chi connectivity index (χ0) is 76.5. The lowest BCUT2D eigenvalue weighted by molar-refractivity contribution is 0.0689. The van der Waals surface area contributed by atoms with Crippen molar-refractivity contribution in [2.45, 2.75) is 114 Å². The number of aryl methyl sites for hydroxylation is 4. The van der Waals surface area contributed by atoms with Crippen molar-refractivity contribution in [3.8, 4) is 45.2 Å². The molecule has 3 atom stereocenters. The molecular weight excluding hydrogens is 1410 g/mol. The summed E-state index contributed by atoms with van der Waals surface area (Å²) in [6.07, 6.45) is 7.34. The molecule has 2 saturated heterocycles. The molecule has 10 heterocycles.